The molecule has 3 aromatic carbocycles. The molecule has 2 amide bonds. The maximum Gasteiger partial charge on any atom is 0.309 e. The Bertz CT molecular complexity index is 1160. The molecule has 1 aliphatic rings. The minimum Gasteiger partial charge on any atom is -0.378 e. The molecule has 1 heterocycles. The van der Waals surface area contributed by atoms with Crippen LogP contribution in [-0.4, -0.2) is 43.9 Å². The fourth-order valence-electron chi connectivity index (χ4n) is 4.37. The summed E-state index contributed by atoms with van der Waals surface area (Å²) in [5, 5.41) is 5.42. The summed E-state index contributed by atoms with van der Waals surface area (Å²) in [6.45, 7) is 2.11. The van der Waals surface area contributed by atoms with E-state index in [0.29, 0.717) is 6.54 Å². The minimum atomic E-state index is -0.708. The lowest BCUT2D eigenvalue weighted by Crippen LogP contribution is -2.45. The Kier molecular flexibility index (Phi) is 7.77. The smallest absolute Gasteiger partial charge is 0.309 e. The number of nitrogens with one attached hydrogen (secondary N) is 2. The lowest BCUT2D eigenvalue weighted by Gasteiger charge is -2.36. The molecule has 35 heavy (non-hydrogen) atoms. The number of nitrogens with zero attached hydrogens (tertiary/aromatic N) is 2. The molecule has 1 atom stereocenters. The van der Waals surface area contributed by atoms with Crippen molar-refractivity contribution in [1.29, 1.82) is 0 Å². The maximum atomic E-state index is 13.1. The van der Waals surface area contributed by atoms with Gasteiger partial charge in [-0.3, -0.25) is 14.5 Å². The van der Waals surface area contributed by atoms with E-state index in [2.05, 4.69) is 64.1 Å². The number of fused-ring (bicyclic) bond motifs is 1. The molecule has 0 fully saturated rings. The molecular formula is C28H31FN4O2. The van der Waals surface area contributed by atoms with Gasteiger partial charge >= 0.3 is 11.8 Å². The van der Waals surface area contributed by atoms with Gasteiger partial charge < -0.3 is 15.5 Å². The molecule has 0 saturated heterocycles. The van der Waals surface area contributed by atoms with E-state index in [1.807, 2.05) is 19.0 Å². The Labute approximate surface area is 205 Å². The number of carbonyl (C=O) groups is 2. The van der Waals surface area contributed by atoms with Crippen molar-refractivity contribution in [2.75, 3.05) is 32.1 Å². The van der Waals surface area contributed by atoms with Gasteiger partial charge in [-0.1, -0.05) is 48.5 Å². The summed E-state index contributed by atoms with van der Waals surface area (Å²) in [6, 6.07) is 22.5. The number of amides is 2. The molecule has 1 unspecified atom stereocenters. The minimum absolute atomic E-state index is 0.0755. The van der Waals surface area contributed by atoms with E-state index in [1.165, 1.54) is 23.3 Å². The number of hydrogen-bond donors (Lipinski definition) is 2. The van der Waals surface area contributed by atoms with Gasteiger partial charge in [0.25, 0.3) is 0 Å². The number of anilines is 1. The molecule has 0 aromatic heterocycles. The lowest BCUT2D eigenvalue weighted by molar-refractivity contribution is -0.139. The Balaban J connectivity index is 1.43. The van der Waals surface area contributed by atoms with Crippen LogP contribution in [0.25, 0.3) is 0 Å². The topological polar surface area (TPSA) is 64.7 Å². The zero-order valence-corrected chi connectivity index (χ0v) is 20.1. The van der Waals surface area contributed by atoms with E-state index in [-0.39, 0.29) is 18.4 Å². The van der Waals surface area contributed by atoms with Crippen molar-refractivity contribution in [3.63, 3.8) is 0 Å². The molecule has 1 aliphatic heterocycles. The van der Waals surface area contributed by atoms with Crippen molar-refractivity contribution < 1.29 is 14.0 Å². The molecule has 0 aliphatic carbocycles. The summed E-state index contributed by atoms with van der Waals surface area (Å²) in [7, 11) is 4.00. The normalized spacial score (nSPS) is 14.0. The summed E-state index contributed by atoms with van der Waals surface area (Å²) in [5.41, 5.74) is 5.55. The first-order valence-corrected chi connectivity index (χ1v) is 11.8. The first-order valence-electron chi connectivity index (χ1n) is 11.8. The molecular weight excluding hydrogens is 443 g/mol. The van der Waals surface area contributed by atoms with Crippen molar-refractivity contribution in [2.24, 2.45) is 0 Å². The number of benzene rings is 3. The first kappa shape index (κ1) is 24.4. The highest BCUT2D eigenvalue weighted by Crippen LogP contribution is 2.28. The second-order valence-electron chi connectivity index (χ2n) is 9.01. The van der Waals surface area contributed by atoms with E-state index >= 15 is 0 Å². The van der Waals surface area contributed by atoms with Crippen molar-refractivity contribution in [3.05, 3.63) is 101 Å². The van der Waals surface area contributed by atoms with Gasteiger partial charge in [0.1, 0.15) is 5.82 Å². The van der Waals surface area contributed by atoms with Crippen LogP contribution in [-0.2, 0) is 29.1 Å². The molecule has 0 radical (unpaired) electrons. The summed E-state index contributed by atoms with van der Waals surface area (Å²) in [6.07, 6.45) is 0.939. The average molecular weight is 475 g/mol. The number of carbonyl (C=O) groups excluding carboxylic acids is 2. The van der Waals surface area contributed by atoms with Gasteiger partial charge in [-0.15, -0.1) is 0 Å². The Morgan fingerprint density at radius 1 is 0.914 bits per heavy atom. The molecule has 182 valence electrons. The van der Waals surface area contributed by atoms with Crippen LogP contribution in [0, 0.1) is 5.82 Å². The molecule has 0 spiro atoms. The summed E-state index contributed by atoms with van der Waals surface area (Å²) in [4.78, 5) is 29.3. The molecule has 0 bridgehead atoms. The average Bonchev–Trinajstić information content (AvgIpc) is 2.88. The first-order chi connectivity index (χ1) is 16.9. The third-order valence-electron chi connectivity index (χ3n) is 6.42. The monoisotopic (exact) mass is 474 g/mol. The Hall–Kier alpha value is -3.71. The summed E-state index contributed by atoms with van der Waals surface area (Å²) < 4.78 is 13.1. The van der Waals surface area contributed by atoms with E-state index in [4.69, 9.17) is 0 Å². The third kappa shape index (κ3) is 6.25. The van der Waals surface area contributed by atoms with Gasteiger partial charge in [-0.2, -0.15) is 0 Å². The van der Waals surface area contributed by atoms with Gasteiger partial charge in [0.05, 0.1) is 6.04 Å². The van der Waals surface area contributed by atoms with Gasteiger partial charge in [-0.05, 0) is 52.9 Å². The fourth-order valence-corrected chi connectivity index (χ4v) is 4.37. The standard InChI is InChI=1S/C28H31FN4O2/c1-32(2)25-13-9-22(10-14-25)26(33-16-15-21-5-3-4-6-23(21)19-33)18-31-28(35)27(34)30-17-20-7-11-24(29)12-8-20/h3-14,26H,15-19H2,1-2H3,(H,30,34)(H,31,35). The van der Waals surface area contributed by atoms with Crippen LogP contribution in [0.5, 0.6) is 0 Å². The van der Waals surface area contributed by atoms with Gasteiger partial charge in [0.2, 0.25) is 0 Å². The predicted molar refractivity (Wildman–Crippen MR) is 135 cm³/mol. The molecule has 4 rings (SSSR count). The largest absolute Gasteiger partial charge is 0.378 e. The second-order valence-corrected chi connectivity index (χ2v) is 9.01. The van der Waals surface area contributed by atoms with Crippen molar-refractivity contribution >= 4 is 17.5 Å². The van der Waals surface area contributed by atoms with E-state index in [9.17, 15) is 14.0 Å². The van der Waals surface area contributed by atoms with E-state index < -0.39 is 11.8 Å². The summed E-state index contributed by atoms with van der Waals surface area (Å²) >= 11 is 0. The Morgan fingerprint density at radius 3 is 2.26 bits per heavy atom. The van der Waals surface area contributed by atoms with Crippen LogP contribution in [0.1, 0.15) is 28.3 Å². The molecule has 7 heteroatoms. The van der Waals surface area contributed by atoms with E-state index in [1.54, 1.807) is 12.1 Å². The van der Waals surface area contributed by atoms with Gasteiger partial charge in [-0.25, -0.2) is 4.39 Å². The van der Waals surface area contributed by atoms with Gasteiger partial charge in [0, 0.05) is 46.0 Å². The highest BCUT2D eigenvalue weighted by molar-refractivity contribution is 6.35. The van der Waals surface area contributed by atoms with Crippen LogP contribution in [0.4, 0.5) is 10.1 Å². The third-order valence-corrected chi connectivity index (χ3v) is 6.42. The number of halogens is 1. The van der Waals surface area contributed by atoms with Crippen molar-refractivity contribution in [1.82, 2.24) is 15.5 Å². The molecule has 3 aromatic rings. The molecule has 0 saturated carbocycles. The van der Waals surface area contributed by atoms with Crippen LogP contribution in [0.15, 0.2) is 72.8 Å². The molecule has 6 nitrogen and oxygen atoms in total. The fraction of sp³-hybridized carbons (Fsp3) is 0.286. The highest BCUT2D eigenvalue weighted by atomic mass is 19.1. The second kappa shape index (κ2) is 11.1. The van der Waals surface area contributed by atoms with E-state index in [0.717, 1.165) is 36.3 Å². The highest BCUT2D eigenvalue weighted by Gasteiger charge is 2.26. The maximum absolute atomic E-state index is 13.1. The van der Waals surface area contributed by atoms with Gasteiger partial charge in [0.15, 0.2) is 0 Å². The summed E-state index contributed by atoms with van der Waals surface area (Å²) in [5.74, 6) is -1.73. The number of rotatable bonds is 7. The molecule has 2 N–H and O–H groups in total. The van der Waals surface area contributed by atoms with Crippen molar-refractivity contribution in [2.45, 2.75) is 25.6 Å². The quantitative estimate of drug-likeness (QED) is 0.515. The van der Waals surface area contributed by atoms with Crippen LogP contribution < -0.4 is 15.5 Å². The SMILES string of the molecule is CN(C)c1ccc(C(CNC(=O)C(=O)NCc2ccc(F)cc2)N2CCc3ccccc3C2)cc1. The van der Waals surface area contributed by atoms with Crippen molar-refractivity contribution in [3.8, 4) is 0 Å². The number of hydrogen-bond acceptors (Lipinski definition) is 4. The van der Waals surface area contributed by atoms with Crippen LogP contribution in [0.3, 0.4) is 0 Å². The zero-order valence-electron chi connectivity index (χ0n) is 20.1. The van der Waals surface area contributed by atoms with Crippen LogP contribution in [0.2, 0.25) is 0 Å². The predicted octanol–water partition coefficient (Wildman–Crippen LogP) is 3.42. The Morgan fingerprint density at radius 2 is 1.57 bits per heavy atom. The zero-order chi connectivity index (χ0) is 24.8. The van der Waals surface area contributed by atoms with Crippen LogP contribution >= 0.6 is 0 Å². The lowest BCUT2D eigenvalue weighted by atomic mass is 9.96.